The van der Waals surface area contributed by atoms with E-state index in [-0.39, 0.29) is 30.0 Å². The molecule has 6 nitrogen and oxygen atoms in total. The molecule has 1 aromatic heterocycles. The van der Waals surface area contributed by atoms with E-state index in [0.29, 0.717) is 25.8 Å². The second-order valence-corrected chi connectivity index (χ2v) is 7.84. The van der Waals surface area contributed by atoms with E-state index in [9.17, 15) is 19.1 Å². The van der Waals surface area contributed by atoms with E-state index in [0.717, 1.165) is 11.8 Å². The fourth-order valence-electron chi connectivity index (χ4n) is 4.23. The number of pyridine rings is 1. The molecular formula is C23H24FN3O3. The van der Waals surface area contributed by atoms with Crippen molar-refractivity contribution in [2.75, 3.05) is 13.1 Å². The molecule has 2 atom stereocenters. The van der Waals surface area contributed by atoms with Gasteiger partial charge in [0.25, 0.3) is 5.91 Å². The number of piperidine rings is 1. The van der Waals surface area contributed by atoms with Gasteiger partial charge in [-0.1, -0.05) is 42.5 Å². The minimum Gasteiger partial charge on any atom is -0.388 e. The first kappa shape index (κ1) is 20.2. The Morgan fingerprint density at radius 1 is 1.13 bits per heavy atom. The molecule has 1 saturated heterocycles. The van der Waals surface area contributed by atoms with Crippen LogP contribution in [-0.4, -0.2) is 46.0 Å². The van der Waals surface area contributed by atoms with Crippen LogP contribution in [0.25, 0.3) is 0 Å². The van der Waals surface area contributed by atoms with Gasteiger partial charge in [0.1, 0.15) is 11.5 Å². The molecule has 1 fully saturated rings. The molecule has 2 aliphatic rings. The van der Waals surface area contributed by atoms with Gasteiger partial charge in [0, 0.05) is 19.0 Å². The Morgan fingerprint density at radius 3 is 2.50 bits per heavy atom. The van der Waals surface area contributed by atoms with E-state index in [4.69, 9.17) is 0 Å². The van der Waals surface area contributed by atoms with Crippen LogP contribution in [0.15, 0.2) is 60.8 Å². The normalized spacial score (nSPS) is 24.1. The number of halogens is 1. The quantitative estimate of drug-likeness (QED) is 0.760. The minimum atomic E-state index is -1.00. The highest BCUT2D eigenvalue weighted by Gasteiger charge is 2.46. The molecule has 0 bridgehead atoms. The van der Waals surface area contributed by atoms with E-state index < -0.39 is 17.5 Å². The van der Waals surface area contributed by atoms with Crippen LogP contribution in [0.1, 0.15) is 35.3 Å². The van der Waals surface area contributed by atoms with Crippen LogP contribution >= 0.6 is 0 Å². The number of nitrogens with zero attached hydrogens (tertiary/aromatic N) is 2. The number of aliphatic hydroxyl groups is 1. The van der Waals surface area contributed by atoms with Crippen LogP contribution in [0.5, 0.6) is 0 Å². The third-order valence-electron chi connectivity index (χ3n) is 5.99. The van der Waals surface area contributed by atoms with Crippen molar-refractivity contribution in [2.45, 2.75) is 30.9 Å². The average Bonchev–Trinajstić information content (AvgIpc) is 3.31. The summed E-state index contributed by atoms with van der Waals surface area (Å²) < 4.78 is 13.1. The fraction of sp³-hybridized carbons (Fsp3) is 0.348. The van der Waals surface area contributed by atoms with Crippen LogP contribution < -0.4 is 5.32 Å². The maximum absolute atomic E-state index is 13.1. The lowest BCUT2D eigenvalue weighted by Crippen LogP contribution is -2.63. The molecule has 0 spiro atoms. The summed E-state index contributed by atoms with van der Waals surface area (Å²) in [5.74, 6) is -1.12. The highest BCUT2D eigenvalue weighted by atomic mass is 19.1. The lowest BCUT2D eigenvalue weighted by atomic mass is 9.78. The summed E-state index contributed by atoms with van der Waals surface area (Å²) in [4.78, 5) is 31.0. The number of nitrogens with one attached hydrogen (secondary N) is 1. The van der Waals surface area contributed by atoms with E-state index in [2.05, 4.69) is 10.3 Å². The summed E-state index contributed by atoms with van der Waals surface area (Å²) in [7, 11) is 0. The molecule has 7 heteroatoms. The number of likely N-dealkylation sites (tertiary alicyclic amines) is 1. The number of β-amino-alcohol motifs (C(OH)–C–C–N with tert-alkyl or cyclic N) is 1. The number of aromatic nitrogens is 1. The Bertz CT molecular complexity index is 940. The molecule has 156 valence electrons. The molecule has 0 unspecified atom stereocenters. The SMILES string of the molecule is O=C(N[C@@]1(c2ccccc2)CCN(C(=O)c2ccc(F)cn2)C[C@H]1O)C1CC=CC1. The third kappa shape index (κ3) is 3.85. The van der Waals surface area contributed by atoms with E-state index in [1.54, 1.807) is 0 Å². The Morgan fingerprint density at radius 2 is 1.87 bits per heavy atom. The summed E-state index contributed by atoms with van der Waals surface area (Å²) in [5, 5.41) is 14.3. The molecule has 2 aromatic rings. The van der Waals surface area contributed by atoms with Gasteiger partial charge >= 0.3 is 0 Å². The van der Waals surface area contributed by atoms with Crippen molar-refractivity contribution in [1.29, 1.82) is 0 Å². The van der Waals surface area contributed by atoms with E-state index in [1.165, 1.54) is 17.0 Å². The van der Waals surface area contributed by atoms with Crippen LogP contribution in [0.4, 0.5) is 4.39 Å². The Hall–Kier alpha value is -3.06. The molecule has 2 N–H and O–H groups in total. The first-order valence-electron chi connectivity index (χ1n) is 10.1. The van der Waals surface area contributed by atoms with Crippen LogP contribution in [-0.2, 0) is 10.3 Å². The Labute approximate surface area is 174 Å². The maximum Gasteiger partial charge on any atom is 0.272 e. The van der Waals surface area contributed by atoms with Gasteiger partial charge in [-0.15, -0.1) is 0 Å². The smallest absolute Gasteiger partial charge is 0.272 e. The molecule has 2 heterocycles. The summed E-state index contributed by atoms with van der Waals surface area (Å²) >= 11 is 0. The van der Waals surface area contributed by atoms with Crippen molar-refractivity contribution in [1.82, 2.24) is 15.2 Å². The van der Waals surface area contributed by atoms with Gasteiger partial charge in [0.05, 0.1) is 17.8 Å². The first-order valence-corrected chi connectivity index (χ1v) is 10.1. The molecule has 4 rings (SSSR count). The first-order chi connectivity index (χ1) is 14.5. The molecule has 1 aliphatic carbocycles. The van der Waals surface area contributed by atoms with Crippen LogP contribution in [0.3, 0.4) is 0 Å². The number of rotatable bonds is 4. The van der Waals surface area contributed by atoms with Crippen molar-refractivity contribution in [3.8, 4) is 0 Å². The molecular weight excluding hydrogens is 385 g/mol. The predicted octanol–water partition coefficient (Wildman–Crippen LogP) is 2.41. The standard InChI is InChI=1S/C23H24FN3O3/c24-18-10-11-19(25-14-18)22(30)27-13-12-23(20(28)15-27,17-8-2-1-3-9-17)26-21(29)16-6-4-5-7-16/h1-5,8-11,14,16,20,28H,6-7,12-13,15H2,(H,26,29)/t20-,23-/m1/s1. The fourth-order valence-corrected chi connectivity index (χ4v) is 4.23. The molecule has 0 radical (unpaired) electrons. The second kappa shape index (κ2) is 8.36. The molecule has 1 aliphatic heterocycles. The van der Waals surface area contributed by atoms with Gasteiger partial charge in [-0.2, -0.15) is 0 Å². The van der Waals surface area contributed by atoms with E-state index in [1.807, 2.05) is 42.5 Å². The van der Waals surface area contributed by atoms with Gasteiger partial charge in [-0.05, 0) is 37.0 Å². The lowest BCUT2D eigenvalue weighted by Gasteiger charge is -2.46. The summed E-state index contributed by atoms with van der Waals surface area (Å²) in [5.41, 5.74) is -0.0470. The number of aliphatic hydroxyl groups excluding tert-OH is 1. The molecule has 1 aromatic carbocycles. The predicted molar refractivity (Wildman–Crippen MR) is 109 cm³/mol. The number of amides is 2. The topological polar surface area (TPSA) is 82.5 Å². The average molecular weight is 409 g/mol. The van der Waals surface area contributed by atoms with Gasteiger partial charge in [0.15, 0.2) is 0 Å². The maximum atomic E-state index is 13.1. The second-order valence-electron chi connectivity index (χ2n) is 7.84. The largest absolute Gasteiger partial charge is 0.388 e. The van der Waals surface area contributed by atoms with E-state index >= 15 is 0 Å². The van der Waals surface area contributed by atoms with Crippen molar-refractivity contribution in [3.63, 3.8) is 0 Å². The zero-order valence-electron chi connectivity index (χ0n) is 16.5. The van der Waals surface area contributed by atoms with Gasteiger partial charge in [-0.25, -0.2) is 9.37 Å². The number of allylic oxidation sites excluding steroid dienone is 2. The minimum absolute atomic E-state index is 0.0377. The van der Waals surface area contributed by atoms with Gasteiger partial charge in [-0.3, -0.25) is 9.59 Å². The molecule has 30 heavy (non-hydrogen) atoms. The van der Waals surface area contributed by atoms with Crippen LogP contribution in [0, 0.1) is 11.7 Å². The van der Waals surface area contributed by atoms with Crippen molar-refractivity contribution >= 4 is 11.8 Å². The lowest BCUT2D eigenvalue weighted by molar-refractivity contribution is -0.130. The van der Waals surface area contributed by atoms with Crippen molar-refractivity contribution in [2.24, 2.45) is 5.92 Å². The summed E-state index contributed by atoms with van der Waals surface area (Å²) in [6.07, 6.45) is 5.71. The Balaban J connectivity index is 1.56. The highest BCUT2D eigenvalue weighted by molar-refractivity contribution is 5.92. The molecule has 2 amide bonds. The third-order valence-corrected chi connectivity index (χ3v) is 5.99. The van der Waals surface area contributed by atoms with Gasteiger partial charge < -0.3 is 15.3 Å². The number of carbonyl (C=O) groups excluding carboxylic acids is 2. The van der Waals surface area contributed by atoms with Crippen molar-refractivity contribution in [3.05, 3.63) is 77.9 Å². The number of carbonyl (C=O) groups is 2. The monoisotopic (exact) mass is 409 g/mol. The highest BCUT2D eigenvalue weighted by Crippen LogP contribution is 2.35. The molecule has 0 saturated carbocycles. The summed E-state index contributed by atoms with van der Waals surface area (Å²) in [6, 6.07) is 11.9. The number of hydrogen-bond donors (Lipinski definition) is 2. The zero-order chi connectivity index (χ0) is 21.1. The Kier molecular flexibility index (Phi) is 5.63. The number of benzene rings is 1. The van der Waals surface area contributed by atoms with Crippen LogP contribution in [0.2, 0.25) is 0 Å². The summed E-state index contributed by atoms with van der Waals surface area (Å²) in [6.45, 7) is 0.364. The van der Waals surface area contributed by atoms with Crippen molar-refractivity contribution < 1.29 is 19.1 Å². The number of hydrogen-bond acceptors (Lipinski definition) is 4. The van der Waals surface area contributed by atoms with Gasteiger partial charge in [0.2, 0.25) is 5.91 Å². The zero-order valence-corrected chi connectivity index (χ0v) is 16.5.